The molecule has 0 saturated heterocycles. The van der Waals surface area contributed by atoms with Gasteiger partial charge in [0.1, 0.15) is 18.2 Å². The van der Waals surface area contributed by atoms with Gasteiger partial charge in [0.25, 0.3) is 0 Å². The van der Waals surface area contributed by atoms with Gasteiger partial charge in [0.05, 0.1) is 0 Å². The summed E-state index contributed by atoms with van der Waals surface area (Å²) in [5, 5.41) is 0.753. The third-order valence-electron chi connectivity index (χ3n) is 3.23. The molecule has 0 fully saturated rings. The number of aryl methyl sites for hydroxylation is 1. The van der Waals surface area contributed by atoms with Crippen molar-refractivity contribution in [3.8, 4) is 5.75 Å². The van der Waals surface area contributed by atoms with E-state index in [0.717, 1.165) is 27.5 Å². The van der Waals surface area contributed by atoms with Gasteiger partial charge in [-0.15, -0.1) is 0 Å². The van der Waals surface area contributed by atoms with E-state index in [1.807, 2.05) is 25.1 Å². The maximum Gasteiger partial charge on any atom is 0.124 e. The van der Waals surface area contributed by atoms with Crippen molar-refractivity contribution in [3.05, 3.63) is 62.3 Å². The van der Waals surface area contributed by atoms with Gasteiger partial charge in [-0.1, -0.05) is 41.4 Å². The summed E-state index contributed by atoms with van der Waals surface area (Å²) in [5.41, 5.74) is 2.81. The molecule has 0 aromatic heterocycles. The van der Waals surface area contributed by atoms with E-state index in [9.17, 15) is 4.39 Å². The minimum Gasteiger partial charge on any atom is -0.489 e. The van der Waals surface area contributed by atoms with E-state index in [1.54, 1.807) is 0 Å². The maximum atomic E-state index is 13.4. The summed E-state index contributed by atoms with van der Waals surface area (Å²) in [4.78, 5) is 0. The van der Waals surface area contributed by atoms with E-state index >= 15 is 0 Å². The Morgan fingerprint density at radius 1 is 1.19 bits per heavy atom. The number of rotatable bonds is 4. The summed E-state index contributed by atoms with van der Waals surface area (Å²) in [6.45, 7) is 6.44. The van der Waals surface area contributed by atoms with Gasteiger partial charge in [-0.2, -0.15) is 0 Å². The molecule has 0 unspecified atom stereocenters. The van der Waals surface area contributed by atoms with Gasteiger partial charge in [-0.3, -0.25) is 0 Å². The lowest BCUT2D eigenvalue weighted by atomic mass is 10.0. The van der Waals surface area contributed by atoms with E-state index < -0.39 is 0 Å². The van der Waals surface area contributed by atoms with Gasteiger partial charge in [-0.25, -0.2) is 4.39 Å². The predicted molar refractivity (Wildman–Crippen MR) is 88.7 cm³/mol. The van der Waals surface area contributed by atoms with Crippen LogP contribution in [0.2, 0.25) is 5.02 Å². The number of halogens is 3. The number of hydrogen-bond acceptors (Lipinski definition) is 1. The SMILES string of the molecule is Cc1cc(Cl)c(C(C)C)cc1OCc1cc(F)cc(Br)c1. The highest BCUT2D eigenvalue weighted by molar-refractivity contribution is 9.10. The smallest absolute Gasteiger partial charge is 0.124 e. The number of hydrogen-bond donors (Lipinski definition) is 0. The van der Waals surface area contributed by atoms with Crippen LogP contribution in [0.1, 0.15) is 36.5 Å². The minimum atomic E-state index is -0.279. The molecule has 0 saturated carbocycles. The molecule has 2 rings (SSSR count). The first kappa shape index (κ1) is 16.3. The third-order valence-corrected chi connectivity index (χ3v) is 4.02. The molecule has 0 aliphatic heterocycles. The zero-order valence-corrected chi connectivity index (χ0v) is 14.6. The highest BCUT2D eigenvalue weighted by Gasteiger charge is 2.10. The fraction of sp³-hybridized carbons (Fsp3) is 0.294. The van der Waals surface area contributed by atoms with Crippen molar-refractivity contribution in [1.29, 1.82) is 0 Å². The summed E-state index contributed by atoms with van der Waals surface area (Å²) >= 11 is 9.52. The first-order valence-electron chi connectivity index (χ1n) is 6.74. The second kappa shape index (κ2) is 6.80. The Kier molecular flexibility index (Phi) is 5.28. The molecule has 0 N–H and O–H groups in total. The molecule has 4 heteroatoms. The van der Waals surface area contributed by atoms with Crippen LogP contribution in [0.25, 0.3) is 0 Å². The third kappa shape index (κ3) is 4.21. The molecular formula is C17H17BrClFO. The highest BCUT2D eigenvalue weighted by Crippen LogP contribution is 2.32. The van der Waals surface area contributed by atoms with Gasteiger partial charge in [0.15, 0.2) is 0 Å². The largest absolute Gasteiger partial charge is 0.489 e. The molecule has 112 valence electrons. The number of ether oxygens (including phenoxy) is 1. The monoisotopic (exact) mass is 370 g/mol. The van der Waals surface area contributed by atoms with Crippen molar-refractivity contribution in [3.63, 3.8) is 0 Å². The van der Waals surface area contributed by atoms with Crippen LogP contribution in [0, 0.1) is 12.7 Å². The van der Waals surface area contributed by atoms with Gasteiger partial charge >= 0.3 is 0 Å². The lowest BCUT2D eigenvalue weighted by molar-refractivity contribution is 0.303. The summed E-state index contributed by atoms with van der Waals surface area (Å²) < 4.78 is 19.9. The first-order valence-corrected chi connectivity index (χ1v) is 7.91. The standard InChI is InChI=1S/C17H17BrClFO/c1-10(2)15-8-17(11(3)4-16(15)19)21-9-12-5-13(18)7-14(20)6-12/h4-8,10H,9H2,1-3H3. The van der Waals surface area contributed by atoms with E-state index in [-0.39, 0.29) is 5.82 Å². The Hall–Kier alpha value is -1.06. The van der Waals surface area contributed by atoms with E-state index in [4.69, 9.17) is 16.3 Å². The summed E-state index contributed by atoms with van der Waals surface area (Å²) in [6, 6.07) is 8.62. The van der Waals surface area contributed by atoms with Gasteiger partial charge in [-0.05, 0) is 59.9 Å². The maximum absolute atomic E-state index is 13.4. The minimum absolute atomic E-state index is 0.279. The highest BCUT2D eigenvalue weighted by atomic mass is 79.9. The van der Waals surface area contributed by atoms with Gasteiger partial charge in [0, 0.05) is 9.50 Å². The summed E-state index contributed by atoms with van der Waals surface area (Å²) in [5.74, 6) is 0.825. The Balaban J connectivity index is 2.21. The Morgan fingerprint density at radius 2 is 1.90 bits per heavy atom. The molecule has 0 amide bonds. The topological polar surface area (TPSA) is 9.23 Å². The van der Waals surface area contributed by atoms with Crippen molar-refractivity contribution < 1.29 is 9.13 Å². The number of benzene rings is 2. The molecule has 1 nitrogen and oxygen atoms in total. The van der Waals surface area contributed by atoms with Crippen LogP contribution in [0.4, 0.5) is 4.39 Å². The Bertz CT molecular complexity index is 635. The normalized spacial score (nSPS) is 11.0. The van der Waals surface area contributed by atoms with E-state index in [1.165, 1.54) is 12.1 Å². The molecule has 0 aliphatic rings. The van der Waals surface area contributed by atoms with Gasteiger partial charge in [0.2, 0.25) is 0 Å². The molecule has 2 aromatic rings. The molecule has 0 spiro atoms. The summed E-state index contributed by atoms with van der Waals surface area (Å²) in [6.07, 6.45) is 0. The average Bonchev–Trinajstić information content (AvgIpc) is 2.36. The molecule has 2 aromatic carbocycles. The second-order valence-electron chi connectivity index (χ2n) is 5.36. The predicted octanol–water partition coefficient (Wildman–Crippen LogP) is 6.25. The molecule has 0 bridgehead atoms. The van der Waals surface area contributed by atoms with Crippen LogP contribution in [0.5, 0.6) is 5.75 Å². The van der Waals surface area contributed by atoms with Crippen molar-refractivity contribution in [2.75, 3.05) is 0 Å². The van der Waals surface area contributed by atoms with Crippen molar-refractivity contribution in [1.82, 2.24) is 0 Å². The van der Waals surface area contributed by atoms with Crippen LogP contribution >= 0.6 is 27.5 Å². The molecule has 0 heterocycles. The van der Waals surface area contributed by atoms with Crippen LogP contribution in [0.3, 0.4) is 0 Å². The molecular weight excluding hydrogens is 355 g/mol. The Morgan fingerprint density at radius 3 is 2.52 bits per heavy atom. The fourth-order valence-electron chi connectivity index (χ4n) is 2.12. The zero-order valence-electron chi connectivity index (χ0n) is 12.2. The van der Waals surface area contributed by atoms with Crippen LogP contribution in [-0.2, 0) is 6.61 Å². The first-order chi connectivity index (χ1) is 9.86. The average molecular weight is 372 g/mol. The van der Waals surface area contributed by atoms with Crippen LogP contribution in [-0.4, -0.2) is 0 Å². The fourth-order valence-corrected chi connectivity index (χ4v) is 3.07. The second-order valence-corrected chi connectivity index (χ2v) is 6.68. The lowest BCUT2D eigenvalue weighted by Gasteiger charge is -2.15. The zero-order chi connectivity index (χ0) is 15.6. The Labute approximate surface area is 138 Å². The summed E-state index contributed by atoms with van der Waals surface area (Å²) in [7, 11) is 0. The quantitative estimate of drug-likeness (QED) is 0.617. The van der Waals surface area contributed by atoms with Crippen molar-refractivity contribution >= 4 is 27.5 Å². The van der Waals surface area contributed by atoms with Crippen molar-refractivity contribution in [2.24, 2.45) is 0 Å². The van der Waals surface area contributed by atoms with Crippen molar-refractivity contribution in [2.45, 2.75) is 33.3 Å². The van der Waals surface area contributed by atoms with Gasteiger partial charge < -0.3 is 4.74 Å². The molecule has 21 heavy (non-hydrogen) atoms. The van der Waals surface area contributed by atoms with E-state index in [2.05, 4.69) is 29.8 Å². The lowest BCUT2D eigenvalue weighted by Crippen LogP contribution is -2.00. The molecule has 0 aliphatic carbocycles. The van der Waals surface area contributed by atoms with E-state index in [0.29, 0.717) is 17.0 Å². The van der Waals surface area contributed by atoms with Crippen LogP contribution in [0.15, 0.2) is 34.8 Å². The molecule has 0 atom stereocenters. The van der Waals surface area contributed by atoms with Crippen LogP contribution < -0.4 is 4.74 Å². The molecule has 0 radical (unpaired) electrons.